The Kier molecular flexibility index (Phi) is 13.2. The Morgan fingerprint density at radius 1 is 1.04 bits per heavy atom. The van der Waals surface area contributed by atoms with Crippen LogP contribution in [0.5, 0.6) is 5.75 Å². The van der Waals surface area contributed by atoms with Gasteiger partial charge in [0.15, 0.2) is 5.78 Å². The molecule has 1 aliphatic heterocycles. The van der Waals surface area contributed by atoms with Gasteiger partial charge in [0.05, 0.1) is 44.2 Å². The van der Waals surface area contributed by atoms with Crippen LogP contribution in [-0.4, -0.2) is 89.9 Å². The quantitative estimate of drug-likeness (QED) is 0.128. The Morgan fingerprint density at radius 2 is 1.83 bits per heavy atom. The van der Waals surface area contributed by atoms with Crippen molar-refractivity contribution in [2.24, 2.45) is 5.41 Å². The minimum Gasteiger partial charge on any atom is -0.497 e. The smallest absolute Gasteiger partial charge is 0.193 e. The molecule has 1 saturated carbocycles. The van der Waals surface area contributed by atoms with Gasteiger partial charge in [0.1, 0.15) is 5.75 Å². The van der Waals surface area contributed by atoms with Crippen LogP contribution in [0.4, 0.5) is 0 Å². The molecule has 8 nitrogen and oxygen atoms in total. The minimum atomic E-state index is -1.10. The van der Waals surface area contributed by atoms with Gasteiger partial charge >= 0.3 is 0 Å². The predicted octanol–water partition coefficient (Wildman–Crippen LogP) is 7.02. The molecule has 3 N–H and O–H groups in total. The number of carbonyl (C=O) groups excluding carboxylic acids is 1. The molecule has 6 unspecified atom stereocenters. The number of fused-ring (bicyclic) bond motifs is 8. The van der Waals surface area contributed by atoms with Crippen LogP contribution in [0.2, 0.25) is 0 Å². The third kappa shape index (κ3) is 9.66. The Hall–Kier alpha value is -3.37. The molecule has 3 aliphatic carbocycles. The second-order valence-electron chi connectivity index (χ2n) is 16.0. The highest BCUT2D eigenvalue weighted by molar-refractivity contribution is 6.10. The zero-order valence-corrected chi connectivity index (χ0v) is 31.8. The molecule has 1 saturated heterocycles. The first-order valence-corrected chi connectivity index (χ1v) is 19.6. The van der Waals surface area contributed by atoms with Crippen molar-refractivity contribution >= 4 is 5.78 Å². The number of allylic oxidation sites excluding steroid dienone is 2. The van der Waals surface area contributed by atoms with Crippen molar-refractivity contribution in [2.75, 3.05) is 40.0 Å². The molecular formula is C45H59NO7. The number of aliphatic hydroxyl groups is 3. The van der Waals surface area contributed by atoms with Gasteiger partial charge in [-0.15, -0.1) is 0 Å². The summed E-state index contributed by atoms with van der Waals surface area (Å²) in [4.78, 5) is 16.6. The summed E-state index contributed by atoms with van der Waals surface area (Å²) in [5, 5.41) is 35.3. The molecule has 2 bridgehead atoms. The summed E-state index contributed by atoms with van der Waals surface area (Å²) in [6.07, 6.45) is 7.73. The monoisotopic (exact) mass is 725 g/mol. The number of ketones is 1. The van der Waals surface area contributed by atoms with E-state index in [2.05, 4.69) is 37.0 Å². The molecule has 6 atom stereocenters. The van der Waals surface area contributed by atoms with Crippen LogP contribution in [0.3, 0.4) is 0 Å². The molecular weight excluding hydrogens is 666 g/mol. The molecule has 0 spiro atoms. The maximum atomic E-state index is 14.4. The fourth-order valence-electron chi connectivity index (χ4n) is 8.98. The fraction of sp³-hybridized carbons (Fsp3) is 0.533. The van der Waals surface area contributed by atoms with Crippen molar-refractivity contribution in [3.05, 3.63) is 112 Å². The van der Waals surface area contributed by atoms with Crippen molar-refractivity contribution in [3.8, 4) is 5.75 Å². The fourth-order valence-corrected chi connectivity index (χ4v) is 8.98. The van der Waals surface area contributed by atoms with Crippen LogP contribution >= 0.6 is 0 Å². The van der Waals surface area contributed by atoms with Gasteiger partial charge in [0.25, 0.3) is 0 Å². The standard InChI is InChI=1S/C45H59NO7/c1-32-9-7-22-44(2)42(40-20-14-34(25-36(47)17-13-32)26-41(40)43(49)35-15-18-38(51-3)19-16-35)21-23-45(44,50)31-46(28-39-12-8-24-53-39)27-37(48)30-52-29-33-10-5-4-6-11-33/h4-6,9-11,14-16,18-20,26,36-37,39,42,47-48,50H,7-8,12-13,17,21-25,27-31H2,1-3H3. The number of hydrogen-bond acceptors (Lipinski definition) is 8. The van der Waals surface area contributed by atoms with E-state index in [1.165, 1.54) is 5.57 Å². The van der Waals surface area contributed by atoms with Crippen molar-refractivity contribution in [1.29, 1.82) is 0 Å². The van der Waals surface area contributed by atoms with Crippen LogP contribution in [0.1, 0.15) is 104 Å². The van der Waals surface area contributed by atoms with E-state index in [1.807, 2.05) is 48.5 Å². The van der Waals surface area contributed by atoms with Crippen LogP contribution in [0.15, 0.2) is 84.4 Å². The first-order valence-electron chi connectivity index (χ1n) is 19.6. The van der Waals surface area contributed by atoms with E-state index in [4.69, 9.17) is 14.2 Å². The Bertz CT molecular complexity index is 1670. The van der Waals surface area contributed by atoms with Crippen LogP contribution in [-0.2, 0) is 22.5 Å². The number of methoxy groups -OCH3 is 1. The summed E-state index contributed by atoms with van der Waals surface area (Å²) >= 11 is 0. The lowest BCUT2D eigenvalue weighted by Gasteiger charge is -2.46. The van der Waals surface area contributed by atoms with E-state index >= 15 is 0 Å². The molecule has 286 valence electrons. The highest BCUT2D eigenvalue weighted by Crippen LogP contribution is 2.59. The molecule has 3 aromatic rings. The third-order valence-corrected chi connectivity index (χ3v) is 12.1. The highest BCUT2D eigenvalue weighted by atomic mass is 16.5. The summed E-state index contributed by atoms with van der Waals surface area (Å²) in [7, 11) is 1.61. The van der Waals surface area contributed by atoms with E-state index in [1.54, 1.807) is 19.2 Å². The zero-order valence-electron chi connectivity index (χ0n) is 31.8. The largest absolute Gasteiger partial charge is 0.497 e. The average molecular weight is 726 g/mol. The molecule has 0 radical (unpaired) electrons. The Labute approximate surface area is 315 Å². The number of hydrogen-bond donors (Lipinski definition) is 3. The summed E-state index contributed by atoms with van der Waals surface area (Å²) in [5.41, 5.74) is 3.69. The third-order valence-electron chi connectivity index (χ3n) is 12.1. The second kappa shape index (κ2) is 17.8. The molecule has 4 aliphatic rings. The van der Waals surface area contributed by atoms with Crippen LogP contribution in [0, 0.1) is 5.41 Å². The van der Waals surface area contributed by atoms with Crippen molar-refractivity contribution < 1.29 is 34.3 Å². The maximum Gasteiger partial charge on any atom is 0.193 e. The second-order valence-corrected chi connectivity index (χ2v) is 16.0. The highest BCUT2D eigenvalue weighted by Gasteiger charge is 2.57. The minimum absolute atomic E-state index is 0.0484. The first kappa shape index (κ1) is 39.3. The number of aliphatic hydroxyl groups excluding tert-OH is 2. The van der Waals surface area contributed by atoms with Gasteiger partial charge in [-0.2, -0.15) is 0 Å². The van der Waals surface area contributed by atoms with Crippen LogP contribution < -0.4 is 4.74 Å². The number of carbonyl (C=O) groups is 1. The number of benzene rings is 3. The van der Waals surface area contributed by atoms with Crippen molar-refractivity contribution in [1.82, 2.24) is 4.90 Å². The van der Waals surface area contributed by atoms with Crippen LogP contribution in [0.25, 0.3) is 0 Å². The van der Waals surface area contributed by atoms with Gasteiger partial charge in [-0.1, -0.05) is 61.0 Å². The Balaban J connectivity index is 1.31. The molecule has 3 aromatic carbocycles. The van der Waals surface area contributed by atoms with E-state index in [0.29, 0.717) is 62.4 Å². The molecule has 53 heavy (non-hydrogen) atoms. The van der Waals surface area contributed by atoms with E-state index < -0.39 is 23.2 Å². The molecule has 8 heteroatoms. The van der Waals surface area contributed by atoms with Gasteiger partial charge in [-0.05, 0) is 118 Å². The molecule has 7 rings (SSSR count). The number of nitrogens with zero attached hydrogens (tertiary/aromatic N) is 1. The van der Waals surface area contributed by atoms with Gasteiger partial charge in [-0.3, -0.25) is 9.69 Å². The number of ether oxygens (including phenoxy) is 3. The predicted molar refractivity (Wildman–Crippen MR) is 207 cm³/mol. The van der Waals surface area contributed by atoms with Crippen molar-refractivity contribution in [2.45, 2.75) is 108 Å². The summed E-state index contributed by atoms with van der Waals surface area (Å²) in [6, 6.07) is 23.3. The van der Waals surface area contributed by atoms with Gasteiger partial charge < -0.3 is 29.5 Å². The lowest BCUT2D eigenvalue weighted by molar-refractivity contribution is -0.0961. The average Bonchev–Trinajstić information content (AvgIpc) is 3.75. The summed E-state index contributed by atoms with van der Waals surface area (Å²) < 4.78 is 17.4. The zero-order chi connectivity index (χ0) is 37.4. The maximum absolute atomic E-state index is 14.4. The summed E-state index contributed by atoms with van der Waals surface area (Å²) in [5.74, 6) is 0.521. The first-order chi connectivity index (χ1) is 25.6. The normalized spacial score (nSPS) is 26.9. The molecule has 1 heterocycles. The number of rotatable bonds is 13. The van der Waals surface area contributed by atoms with Gasteiger partial charge in [-0.25, -0.2) is 0 Å². The lowest BCUT2D eigenvalue weighted by atomic mass is 9.64. The SMILES string of the molecule is COc1ccc(C(=O)c2cc3ccc2C2CCC(O)(CN(CC(O)COCc4ccccc4)CC4CCCO4)C2(C)CCC=C(C)CCC(O)C3)cc1. The van der Waals surface area contributed by atoms with E-state index in [0.717, 1.165) is 61.8 Å². The molecule has 0 aromatic heterocycles. The lowest BCUT2D eigenvalue weighted by Crippen LogP contribution is -2.55. The van der Waals surface area contributed by atoms with E-state index in [-0.39, 0.29) is 24.4 Å². The Morgan fingerprint density at radius 3 is 2.57 bits per heavy atom. The van der Waals surface area contributed by atoms with Gasteiger partial charge in [0.2, 0.25) is 0 Å². The van der Waals surface area contributed by atoms with E-state index in [9.17, 15) is 20.1 Å². The molecule has 0 amide bonds. The van der Waals surface area contributed by atoms with Crippen molar-refractivity contribution in [3.63, 3.8) is 0 Å². The van der Waals surface area contributed by atoms with Gasteiger partial charge in [0, 0.05) is 42.8 Å². The topological polar surface area (TPSA) is 109 Å². The summed E-state index contributed by atoms with van der Waals surface area (Å²) in [6.45, 7) is 7.04. The molecule has 2 fully saturated rings.